The van der Waals surface area contributed by atoms with Gasteiger partial charge in [-0.2, -0.15) is 0 Å². The molecule has 1 aliphatic heterocycles. The van der Waals surface area contributed by atoms with Gasteiger partial charge in [-0.1, -0.05) is 19.8 Å². The van der Waals surface area contributed by atoms with Crippen molar-refractivity contribution >= 4 is 17.6 Å². The number of urea groups is 1. The number of hydrogen-bond acceptors (Lipinski definition) is 3. The molecule has 0 spiro atoms. The van der Waals surface area contributed by atoms with Gasteiger partial charge in [0.25, 0.3) is 0 Å². The summed E-state index contributed by atoms with van der Waals surface area (Å²) in [5.41, 5.74) is 6.11. The van der Waals surface area contributed by atoms with Gasteiger partial charge < -0.3 is 20.7 Å². The van der Waals surface area contributed by atoms with Crippen LogP contribution in [0.1, 0.15) is 49.4 Å². The van der Waals surface area contributed by atoms with Crippen molar-refractivity contribution in [2.75, 3.05) is 25.5 Å². The van der Waals surface area contributed by atoms with E-state index in [-0.39, 0.29) is 6.03 Å². The highest BCUT2D eigenvalue weighted by Gasteiger charge is 2.21. The minimum absolute atomic E-state index is 0.160. The maximum absolute atomic E-state index is 12.6. The molecule has 1 atom stereocenters. The van der Waals surface area contributed by atoms with Crippen LogP contribution in [0.2, 0.25) is 0 Å². The van der Waals surface area contributed by atoms with Gasteiger partial charge in [0.1, 0.15) is 5.75 Å². The summed E-state index contributed by atoms with van der Waals surface area (Å²) in [5.74, 6) is 0.679. The minimum atomic E-state index is -0.537. The van der Waals surface area contributed by atoms with E-state index in [4.69, 9.17) is 10.5 Å². The monoisotopic (exact) mass is 333 g/mol. The van der Waals surface area contributed by atoms with E-state index in [1.54, 1.807) is 18.2 Å². The van der Waals surface area contributed by atoms with E-state index >= 15 is 0 Å². The normalized spacial score (nSPS) is 17.9. The lowest BCUT2D eigenvalue weighted by molar-refractivity contribution is 0.1000. The third kappa shape index (κ3) is 4.63. The van der Waals surface area contributed by atoms with Crippen LogP contribution in [0.15, 0.2) is 18.2 Å². The van der Waals surface area contributed by atoms with Crippen LogP contribution >= 0.6 is 0 Å². The summed E-state index contributed by atoms with van der Waals surface area (Å²) in [4.78, 5) is 25.8. The summed E-state index contributed by atoms with van der Waals surface area (Å²) in [6.45, 7) is 3.71. The summed E-state index contributed by atoms with van der Waals surface area (Å²) in [7, 11) is 1.52. The van der Waals surface area contributed by atoms with Crippen molar-refractivity contribution in [3.63, 3.8) is 0 Å². The number of methoxy groups -OCH3 is 1. The number of carbonyl (C=O) groups excluding carboxylic acids is 2. The van der Waals surface area contributed by atoms with E-state index in [0.29, 0.717) is 22.9 Å². The third-order valence-corrected chi connectivity index (χ3v) is 4.56. The van der Waals surface area contributed by atoms with Crippen molar-refractivity contribution in [1.82, 2.24) is 4.90 Å². The fourth-order valence-corrected chi connectivity index (χ4v) is 3.22. The number of hydrogen-bond donors (Lipinski definition) is 2. The fourth-order valence-electron chi connectivity index (χ4n) is 3.22. The highest BCUT2D eigenvalue weighted by atomic mass is 16.5. The number of nitrogens with two attached hydrogens (primary N) is 1. The van der Waals surface area contributed by atoms with E-state index in [2.05, 4.69) is 12.2 Å². The molecule has 132 valence electrons. The summed E-state index contributed by atoms with van der Waals surface area (Å²) in [6, 6.07) is 4.61. The number of ether oxygens (including phenoxy) is 1. The molecule has 0 unspecified atom stereocenters. The Balaban J connectivity index is 2.06. The van der Waals surface area contributed by atoms with Crippen LogP contribution in [0.3, 0.4) is 0 Å². The number of benzene rings is 1. The number of nitrogens with one attached hydrogen (secondary N) is 1. The highest BCUT2D eigenvalue weighted by molar-refractivity contribution is 5.97. The topological polar surface area (TPSA) is 84.7 Å². The minimum Gasteiger partial charge on any atom is -0.495 e. The molecule has 0 bridgehead atoms. The first-order valence-corrected chi connectivity index (χ1v) is 8.59. The average Bonchev–Trinajstić information content (AvgIpc) is 2.81. The molecule has 1 fully saturated rings. The van der Waals surface area contributed by atoms with Gasteiger partial charge in [-0.15, -0.1) is 0 Å². The van der Waals surface area contributed by atoms with Gasteiger partial charge in [-0.3, -0.25) is 4.79 Å². The van der Waals surface area contributed by atoms with Gasteiger partial charge in [0, 0.05) is 18.7 Å². The van der Waals surface area contributed by atoms with Crippen LogP contribution in [0.4, 0.5) is 10.5 Å². The molecule has 6 heteroatoms. The van der Waals surface area contributed by atoms with Gasteiger partial charge in [0.2, 0.25) is 5.91 Å². The number of rotatable bonds is 5. The zero-order valence-electron chi connectivity index (χ0n) is 14.5. The molecule has 2 rings (SSSR count). The quantitative estimate of drug-likeness (QED) is 0.867. The van der Waals surface area contributed by atoms with Crippen LogP contribution in [-0.4, -0.2) is 37.0 Å². The summed E-state index contributed by atoms with van der Waals surface area (Å²) in [5, 5.41) is 2.86. The first kappa shape index (κ1) is 18.1. The Morgan fingerprint density at radius 2 is 2.12 bits per heavy atom. The Morgan fingerprint density at radius 3 is 2.79 bits per heavy atom. The molecule has 1 aromatic rings. The molecule has 24 heavy (non-hydrogen) atoms. The van der Waals surface area contributed by atoms with Crippen LogP contribution in [0, 0.1) is 5.92 Å². The Kier molecular flexibility index (Phi) is 6.46. The van der Waals surface area contributed by atoms with Crippen molar-refractivity contribution in [2.24, 2.45) is 11.7 Å². The van der Waals surface area contributed by atoms with E-state index < -0.39 is 5.91 Å². The fraction of sp³-hybridized carbons (Fsp3) is 0.556. The Morgan fingerprint density at radius 1 is 1.33 bits per heavy atom. The SMILES string of the molecule is CCC[C@@H]1CCCN(C(=O)Nc2cc(C(N)=O)ccc2OC)CC1. The smallest absolute Gasteiger partial charge is 0.321 e. The molecule has 0 radical (unpaired) electrons. The maximum Gasteiger partial charge on any atom is 0.321 e. The number of primary amides is 1. The van der Waals surface area contributed by atoms with Gasteiger partial charge >= 0.3 is 6.03 Å². The predicted octanol–water partition coefficient (Wildman–Crippen LogP) is 3.23. The molecule has 3 amide bonds. The zero-order chi connectivity index (χ0) is 17.5. The van der Waals surface area contributed by atoms with E-state index in [1.807, 2.05) is 4.90 Å². The van der Waals surface area contributed by atoms with E-state index in [9.17, 15) is 9.59 Å². The van der Waals surface area contributed by atoms with Crippen molar-refractivity contribution in [2.45, 2.75) is 39.0 Å². The lowest BCUT2D eigenvalue weighted by atomic mass is 9.96. The van der Waals surface area contributed by atoms with Crippen LogP contribution in [0.25, 0.3) is 0 Å². The maximum atomic E-state index is 12.6. The number of anilines is 1. The van der Waals surface area contributed by atoms with Crippen LogP contribution in [-0.2, 0) is 0 Å². The summed E-state index contributed by atoms with van der Waals surface area (Å²) in [6.07, 6.45) is 5.66. The number of nitrogens with zero attached hydrogens (tertiary/aromatic N) is 1. The molecule has 6 nitrogen and oxygen atoms in total. The second-order valence-electron chi connectivity index (χ2n) is 6.28. The first-order chi connectivity index (χ1) is 11.5. The van der Waals surface area contributed by atoms with E-state index in [1.165, 1.54) is 26.4 Å². The van der Waals surface area contributed by atoms with Gasteiger partial charge in [-0.05, 0) is 43.4 Å². The Hall–Kier alpha value is -2.24. The molecule has 1 heterocycles. The van der Waals surface area contributed by atoms with Gasteiger partial charge in [0.15, 0.2) is 0 Å². The largest absolute Gasteiger partial charge is 0.495 e. The zero-order valence-corrected chi connectivity index (χ0v) is 14.5. The summed E-state index contributed by atoms with van der Waals surface area (Å²) < 4.78 is 5.26. The van der Waals surface area contributed by atoms with Crippen molar-refractivity contribution in [1.29, 1.82) is 0 Å². The third-order valence-electron chi connectivity index (χ3n) is 4.56. The summed E-state index contributed by atoms with van der Waals surface area (Å²) >= 11 is 0. The Bertz CT molecular complexity index is 589. The molecule has 3 N–H and O–H groups in total. The molecular weight excluding hydrogens is 306 g/mol. The number of carbonyl (C=O) groups is 2. The van der Waals surface area contributed by atoms with Crippen molar-refractivity contribution in [3.05, 3.63) is 23.8 Å². The lowest BCUT2D eigenvalue weighted by Gasteiger charge is -2.22. The Labute approximate surface area is 143 Å². The second kappa shape index (κ2) is 8.57. The highest BCUT2D eigenvalue weighted by Crippen LogP contribution is 2.27. The first-order valence-electron chi connectivity index (χ1n) is 8.59. The van der Waals surface area contributed by atoms with Gasteiger partial charge in [0.05, 0.1) is 12.8 Å². The average molecular weight is 333 g/mol. The molecule has 0 saturated carbocycles. The molecular formula is C18H27N3O3. The number of likely N-dealkylation sites (tertiary alicyclic amines) is 1. The molecule has 1 aromatic carbocycles. The molecule has 1 saturated heterocycles. The van der Waals surface area contributed by atoms with Crippen molar-refractivity contribution in [3.8, 4) is 5.75 Å². The second-order valence-corrected chi connectivity index (χ2v) is 6.28. The van der Waals surface area contributed by atoms with E-state index in [0.717, 1.165) is 25.9 Å². The molecule has 0 aromatic heterocycles. The van der Waals surface area contributed by atoms with Crippen molar-refractivity contribution < 1.29 is 14.3 Å². The lowest BCUT2D eigenvalue weighted by Crippen LogP contribution is -2.35. The van der Waals surface area contributed by atoms with Gasteiger partial charge in [-0.25, -0.2) is 4.79 Å². The molecule has 1 aliphatic rings. The van der Waals surface area contributed by atoms with Crippen LogP contribution < -0.4 is 15.8 Å². The molecule has 0 aliphatic carbocycles. The standard InChI is InChI=1S/C18H27N3O3/c1-3-5-13-6-4-10-21(11-9-13)18(23)20-15-12-14(17(19)22)7-8-16(15)24-2/h7-8,12-13H,3-6,9-11H2,1-2H3,(H2,19,22)(H,20,23)/t13-/m1/s1. The predicted molar refractivity (Wildman–Crippen MR) is 94.4 cm³/mol. The van der Waals surface area contributed by atoms with Crippen LogP contribution in [0.5, 0.6) is 5.75 Å². The number of amides is 3.